The number of phosphoric ester groups is 1. The zero-order valence-corrected chi connectivity index (χ0v) is 20.7. The van der Waals surface area contributed by atoms with E-state index < -0.39 is 25.2 Å². The lowest BCUT2D eigenvalue weighted by Crippen LogP contribution is -2.28. The first-order chi connectivity index (χ1) is 17.9. The molecule has 1 fully saturated rings. The average molecular weight is 549 g/mol. The second-order valence-electron chi connectivity index (χ2n) is 7.85. The van der Waals surface area contributed by atoms with Crippen LogP contribution in [0, 0.1) is 0 Å². The molecule has 0 amide bonds. The van der Waals surface area contributed by atoms with Crippen LogP contribution in [-0.2, 0) is 13.8 Å². The topological polar surface area (TPSA) is 152 Å². The molecule has 2 aromatic carbocycles. The Bertz CT molecular complexity index is 1370. The number of thioether (sulfide) groups is 1. The normalized spacial score (nSPS) is 19.7. The Morgan fingerprint density at radius 3 is 2.22 bits per heavy atom. The molecule has 0 saturated carbocycles. The fourth-order valence-electron chi connectivity index (χ4n) is 3.67. The number of phosphoric acid groups is 1. The number of aromatic nitrogens is 2. The Kier molecular flexibility index (Phi) is 6.24. The van der Waals surface area contributed by atoms with Crippen molar-refractivity contribution in [3.05, 3.63) is 59.1 Å². The predicted octanol–water partition coefficient (Wildman–Crippen LogP) is 3.15. The number of benzene rings is 2. The van der Waals surface area contributed by atoms with Gasteiger partial charge in [0, 0.05) is 24.1 Å². The van der Waals surface area contributed by atoms with Gasteiger partial charge in [-0.2, -0.15) is 4.98 Å². The standard InChI is InChI=1S/C22H20N3O10PS/c23-19-5-6-25(22(26)24-19)20-10-37-21(33-20)9-32-36(27,34-13-1-3-15-17(7-13)30-11-28-15)35-14-2-4-16-18(8-14)31-12-29-16/h1-8,20-21H,9-12H2,(H2,23,24,26). The van der Waals surface area contributed by atoms with Crippen molar-refractivity contribution < 1.29 is 41.8 Å². The van der Waals surface area contributed by atoms with Crippen molar-refractivity contribution in [3.8, 4) is 34.5 Å². The van der Waals surface area contributed by atoms with E-state index in [1.807, 2.05) is 0 Å². The first kappa shape index (κ1) is 23.8. The molecule has 15 heteroatoms. The first-order valence-corrected chi connectivity index (χ1v) is 13.5. The molecular weight excluding hydrogens is 529 g/mol. The van der Waals surface area contributed by atoms with Crippen molar-refractivity contribution in [2.24, 2.45) is 0 Å². The van der Waals surface area contributed by atoms with Gasteiger partial charge in [0.2, 0.25) is 13.6 Å². The van der Waals surface area contributed by atoms with Crippen molar-refractivity contribution in [2.75, 3.05) is 31.7 Å². The molecule has 37 heavy (non-hydrogen) atoms. The van der Waals surface area contributed by atoms with Crippen molar-refractivity contribution in [1.82, 2.24) is 9.55 Å². The first-order valence-electron chi connectivity index (χ1n) is 11.0. The summed E-state index contributed by atoms with van der Waals surface area (Å²) in [6.45, 7) is -0.0139. The molecule has 3 aliphatic rings. The third-order valence-corrected chi connectivity index (χ3v) is 7.82. The van der Waals surface area contributed by atoms with Gasteiger partial charge < -0.3 is 38.5 Å². The van der Waals surface area contributed by atoms with E-state index in [0.29, 0.717) is 28.8 Å². The van der Waals surface area contributed by atoms with Crippen LogP contribution in [0.2, 0.25) is 0 Å². The van der Waals surface area contributed by atoms with Crippen LogP contribution >= 0.6 is 19.6 Å². The molecule has 2 unspecified atom stereocenters. The lowest BCUT2D eigenvalue weighted by Gasteiger charge is -2.21. The van der Waals surface area contributed by atoms with Crippen LogP contribution in [0.5, 0.6) is 34.5 Å². The molecule has 2 atom stereocenters. The number of nitrogens with two attached hydrogens (primary N) is 1. The summed E-state index contributed by atoms with van der Waals surface area (Å²) >= 11 is 1.37. The highest BCUT2D eigenvalue weighted by Crippen LogP contribution is 2.52. The van der Waals surface area contributed by atoms with E-state index in [9.17, 15) is 9.36 Å². The minimum atomic E-state index is -4.26. The largest absolute Gasteiger partial charge is 0.587 e. The lowest BCUT2D eigenvalue weighted by molar-refractivity contribution is -0.00561. The average Bonchev–Trinajstić information content (AvgIpc) is 3.63. The number of ether oxygens (including phenoxy) is 5. The molecule has 1 aromatic heterocycles. The third-order valence-electron chi connectivity index (χ3n) is 5.39. The van der Waals surface area contributed by atoms with E-state index in [-0.39, 0.29) is 37.5 Å². The van der Waals surface area contributed by atoms with Gasteiger partial charge in [-0.25, -0.2) is 9.36 Å². The molecule has 1 saturated heterocycles. The molecule has 194 valence electrons. The van der Waals surface area contributed by atoms with Gasteiger partial charge in [-0.1, -0.05) is 0 Å². The molecule has 2 N–H and O–H groups in total. The van der Waals surface area contributed by atoms with E-state index in [0.717, 1.165) is 0 Å². The number of hydrogen-bond acceptors (Lipinski definition) is 13. The number of anilines is 1. The smallest absolute Gasteiger partial charge is 0.454 e. The van der Waals surface area contributed by atoms with Gasteiger partial charge >= 0.3 is 13.5 Å². The summed E-state index contributed by atoms with van der Waals surface area (Å²) in [4.78, 5) is 15.9. The number of nitrogens with zero attached hydrogens (tertiary/aromatic N) is 2. The van der Waals surface area contributed by atoms with E-state index >= 15 is 0 Å². The summed E-state index contributed by atoms with van der Waals surface area (Å²) in [6.07, 6.45) is 0.915. The maximum Gasteiger partial charge on any atom is 0.587 e. The lowest BCUT2D eigenvalue weighted by atomic mass is 10.3. The van der Waals surface area contributed by atoms with Crippen LogP contribution in [-0.4, -0.2) is 40.9 Å². The minimum Gasteiger partial charge on any atom is -0.454 e. The van der Waals surface area contributed by atoms with Gasteiger partial charge in [-0.05, 0) is 30.3 Å². The Hall–Kier alpha value is -3.58. The second-order valence-corrected chi connectivity index (χ2v) is 10.6. The van der Waals surface area contributed by atoms with Crippen LogP contribution in [0.25, 0.3) is 0 Å². The minimum absolute atomic E-state index is 0.0741. The SMILES string of the molecule is Nc1ccn(C2CSC(COP(=O)(Oc3ccc4c(c3)OCO4)Oc3ccc4c(c3)OCO4)O2)c(=O)n1. The molecule has 4 heterocycles. The zero-order chi connectivity index (χ0) is 25.4. The van der Waals surface area contributed by atoms with Crippen LogP contribution in [0.4, 0.5) is 5.82 Å². The highest BCUT2D eigenvalue weighted by atomic mass is 32.2. The summed E-state index contributed by atoms with van der Waals surface area (Å²) in [5.74, 6) is 2.88. The summed E-state index contributed by atoms with van der Waals surface area (Å²) in [7, 11) is -4.26. The van der Waals surface area contributed by atoms with E-state index in [1.54, 1.807) is 24.3 Å². The second kappa shape index (κ2) is 9.71. The van der Waals surface area contributed by atoms with Gasteiger partial charge in [0.25, 0.3) is 0 Å². The maximum atomic E-state index is 13.8. The summed E-state index contributed by atoms with van der Waals surface area (Å²) in [6, 6.07) is 10.9. The summed E-state index contributed by atoms with van der Waals surface area (Å²) in [5, 5.41) is 0. The number of rotatable bonds is 8. The molecule has 6 rings (SSSR count). The van der Waals surface area contributed by atoms with Gasteiger partial charge in [0.05, 0.1) is 6.61 Å². The van der Waals surface area contributed by atoms with Crippen molar-refractivity contribution in [3.63, 3.8) is 0 Å². The highest BCUT2D eigenvalue weighted by molar-refractivity contribution is 8.00. The molecule has 3 aliphatic heterocycles. The van der Waals surface area contributed by atoms with Gasteiger partial charge in [-0.15, -0.1) is 11.8 Å². The Balaban J connectivity index is 1.18. The van der Waals surface area contributed by atoms with Crippen LogP contribution in [0.1, 0.15) is 6.23 Å². The molecule has 0 aliphatic carbocycles. The molecule has 3 aromatic rings. The maximum absolute atomic E-state index is 13.8. The molecule has 0 bridgehead atoms. The number of nitrogen functional groups attached to an aromatic ring is 1. The quantitative estimate of drug-likeness (QED) is 0.410. The van der Waals surface area contributed by atoms with E-state index in [2.05, 4.69) is 4.98 Å². The van der Waals surface area contributed by atoms with Gasteiger partial charge in [-0.3, -0.25) is 9.09 Å². The zero-order valence-electron chi connectivity index (χ0n) is 19.0. The van der Waals surface area contributed by atoms with E-state index in [1.165, 1.54) is 40.7 Å². The third kappa shape index (κ3) is 5.14. The van der Waals surface area contributed by atoms with Crippen molar-refractivity contribution in [1.29, 1.82) is 0 Å². The summed E-state index contributed by atoms with van der Waals surface area (Å²) < 4.78 is 59.5. The van der Waals surface area contributed by atoms with Crippen molar-refractivity contribution in [2.45, 2.75) is 11.7 Å². The van der Waals surface area contributed by atoms with Crippen LogP contribution in [0.15, 0.2) is 53.5 Å². The Morgan fingerprint density at radius 2 is 1.59 bits per heavy atom. The van der Waals surface area contributed by atoms with Gasteiger partial charge in [0.15, 0.2) is 23.0 Å². The predicted molar refractivity (Wildman–Crippen MR) is 129 cm³/mol. The Morgan fingerprint density at radius 1 is 0.973 bits per heavy atom. The fraction of sp³-hybridized carbons (Fsp3) is 0.273. The van der Waals surface area contributed by atoms with Crippen LogP contribution < -0.4 is 39.4 Å². The summed E-state index contributed by atoms with van der Waals surface area (Å²) in [5.41, 5.74) is 4.46. The highest BCUT2D eigenvalue weighted by Gasteiger charge is 2.36. The van der Waals surface area contributed by atoms with Gasteiger partial charge in [0.1, 0.15) is 29.0 Å². The molecule has 0 radical (unpaired) electrons. The molecular formula is C22H20N3O10PS. The molecule has 13 nitrogen and oxygen atoms in total. The Labute approximate surface area is 213 Å². The molecule has 0 spiro atoms. The monoisotopic (exact) mass is 549 g/mol. The number of fused-ring (bicyclic) bond motifs is 2. The van der Waals surface area contributed by atoms with E-state index in [4.69, 9.17) is 43.0 Å². The van der Waals surface area contributed by atoms with Crippen LogP contribution in [0.3, 0.4) is 0 Å². The number of hydrogen-bond donors (Lipinski definition) is 1. The fourth-order valence-corrected chi connectivity index (χ4v) is 5.97. The van der Waals surface area contributed by atoms with Crippen molar-refractivity contribution >= 4 is 25.4 Å².